The van der Waals surface area contributed by atoms with Gasteiger partial charge in [0.1, 0.15) is 6.54 Å². The van der Waals surface area contributed by atoms with Crippen LogP contribution in [0.3, 0.4) is 0 Å². The first-order valence-corrected chi connectivity index (χ1v) is 9.99. The Hall–Kier alpha value is -1.74. The smallest absolute Gasteiger partial charge is 0.275 e. The molecular formula is C16H22N3O3S2+. The minimum atomic E-state index is -3.66. The molecule has 0 aliphatic rings. The van der Waals surface area contributed by atoms with Crippen molar-refractivity contribution in [2.75, 3.05) is 20.1 Å². The number of likely N-dealkylation sites (N-methyl/N-ethyl adjacent to an activating group) is 1. The first-order chi connectivity index (χ1) is 11.3. The van der Waals surface area contributed by atoms with Gasteiger partial charge in [-0.1, -0.05) is 18.2 Å². The van der Waals surface area contributed by atoms with E-state index in [-0.39, 0.29) is 10.8 Å². The standard InChI is InChI=1S/C16H21N3O3S2/c1-19(11-14-3-2-10-23-14)12-16(20)18-9-8-13-4-6-15(7-5-13)24(17,21)22/h2-7,10H,8-9,11-12H2,1H3,(H,18,20)(H2,17,21,22)/p+1. The van der Waals surface area contributed by atoms with Crippen molar-refractivity contribution in [2.24, 2.45) is 5.14 Å². The number of rotatable bonds is 8. The third kappa shape index (κ3) is 6.04. The lowest BCUT2D eigenvalue weighted by Crippen LogP contribution is -3.08. The van der Waals surface area contributed by atoms with Gasteiger partial charge in [0.05, 0.1) is 16.8 Å². The van der Waals surface area contributed by atoms with Gasteiger partial charge in [-0.2, -0.15) is 0 Å². The van der Waals surface area contributed by atoms with Crippen LogP contribution in [-0.2, 0) is 27.8 Å². The molecule has 0 saturated carbocycles. The maximum atomic E-state index is 11.9. The van der Waals surface area contributed by atoms with Crippen molar-refractivity contribution in [3.8, 4) is 0 Å². The number of carbonyl (C=O) groups excluding carboxylic acids is 1. The van der Waals surface area contributed by atoms with Crippen molar-refractivity contribution in [3.63, 3.8) is 0 Å². The summed E-state index contributed by atoms with van der Waals surface area (Å²) in [6.07, 6.45) is 0.639. The summed E-state index contributed by atoms with van der Waals surface area (Å²) in [4.78, 5) is 14.4. The zero-order chi connectivity index (χ0) is 17.6. The summed E-state index contributed by atoms with van der Waals surface area (Å²) in [6, 6.07) is 10.4. The third-order valence-electron chi connectivity index (χ3n) is 3.51. The summed E-state index contributed by atoms with van der Waals surface area (Å²) in [5.74, 6) is 0.00483. The van der Waals surface area contributed by atoms with Crippen LogP contribution in [0.1, 0.15) is 10.4 Å². The van der Waals surface area contributed by atoms with Gasteiger partial charge in [-0.3, -0.25) is 4.79 Å². The molecule has 2 aromatic rings. The molecule has 130 valence electrons. The summed E-state index contributed by atoms with van der Waals surface area (Å²) < 4.78 is 22.4. The molecule has 1 atom stereocenters. The van der Waals surface area contributed by atoms with E-state index in [4.69, 9.17) is 5.14 Å². The Labute approximate surface area is 146 Å². The second kappa shape index (κ2) is 8.39. The summed E-state index contributed by atoms with van der Waals surface area (Å²) in [5, 5.41) is 9.97. The van der Waals surface area contributed by atoms with Crippen LogP contribution in [-0.4, -0.2) is 34.5 Å². The van der Waals surface area contributed by atoms with E-state index in [0.29, 0.717) is 19.5 Å². The Morgan fingerprint density at radius 1 is 1.25 bits per heavy atom. The number of benzene rings is 1. The lowest BCUT2D eigenvalue weighted by molar-refractivity contribution is -0.885. The molecule has 1 aromatic carbocycles. The summed E-state index contributed by atoms with van der Waals surface area (Å²) in [5.41, 5.74) is 0.946. The van der Waals surface area contributed by atoms with Gasteiger partial charge < -0.3 is 10.2 Å². The lowest BCUT2D eigenvalue weighted by atomic mass is 10.1. The quantitative estimate of drug-likeness (QED) is 0.601. The number of thiophene rings is 1. The Morgan fingerprint density at radius 3 is 2.54 bits per heavy atom. The van der Waals surface area contributed by atoms with Gasteiger partial charge in [-0.15, -0.1) is 11.3 Å². The largest absolute Gasteiger partial charge is 0.351 e. The Morgan fingerprint density at radius 2 is 1.96 bits per heavy atom. The maximum absolute atomic E-state index is 11.9. The summed E-state index contributed by atoms with van der Waals surface area (Å²) >= 11 is 1.69. The third-order valence-corrected chi connectivity index (χ3v) is 5.31. The van der Waals surface area contributed by atoms with Crippen molar-refractivity contribution in [3.05, 3.63) is 52.2 Å². The van der Waals surface area contributed by atoms with Crippen LogP contribution >= 0.6 is 11.3 Å². The van der Waals surface area contributed by atoms with Crippen LogP contribution in [0.2, 0.25) is 0 Å². The van der Waals surface area contributed by atoms with Gasteiger partial charge >= 0.3 is 0 Å². The van der Waals surface area contributed by atoms with Gasteiger partial charge in [0.15, 0.2) is 6.54 Å². The first-order valence-electron chi connectivity index (χ1n) is 7.57. The molecular weight excluding hydrogens is 346 g/mol. The zero-order valence-corrected chi connectivity index (χ0v) is 15.1. The van der Waals surface area contributed by atoms with Gasteiger partial charge in [-0.25, -0.2) is 13.6 Å². The average molecular weight is 369 g/mol. The molecule has 0 spiro atoms. The fourth-order valence-electron chi connectivity index (χ4n) is 2.30. The number of hydrogen-bond acceptors (Lipinski definition) is 4. The van der Waals surface area contributed by atoms with Gasteiger partial charge in [0, 0.05) is 6.54 Å². The van der Waals surface area contributed by atoms with E-state index < -0.39 is 10.0 Å². The van der Waals surface area contributed by atoms with E-state index in [2.05, 4.69) is 11.4 Å². The molecule has 2 rings (SSSR count). The molecule has 1 amide bonds. The number of carbonyl (C=O) groups is 1. The van der Waals surface area contributed by atoms with Crippen molar-refractivity contribution >= 4 is 27.3 Å². The molecule has 0 saturated heterocycles. The second-order valence-corrected chi connectivity index (χ2v) is 8.27. The number of nitrogens with one attached hydrogen (secondary N) is 2. The number of quaternary nitrogens is 1. The van der Waals surface area contributed by atoms with E-state index in [0.717, 1.165) is 17.0 Å². The molecule has 0 aliphatic carbocycles. The molecule has 8 heteroatoms. The van der Waals surface area contributed by atoms with Crippen LogP contribution in [0.25, 0.3) is 0 Å². The number of hydrogen-bond donors (Lipinski definition) is 3. The maximum Gasteiger partial charge on any atom is 0.275 e. The highest BCUT2D eigenvalue weighted by Crippen LogP contribution is 2.09. The molecule has 0 radical (unpaired) electrons. The first kappa shape index (κ1) is 18.6. The average Bonchev–Trinajstić information content (AvgIpc) is 2.99. The highest BCUT2D eigenvalue weighted by Gasteiger charge is 2.11. The molecule has 0 fully saturated rings. The number of sulfonamides is 1. The van der Waals surface area contributed by atoms with Crippen LogP contribution in [0.4, 0.5) is 0 Å². The molecule has 0 aliphatic heterocycles. The van der Waals surface area contributed by atoms with E-state index >= 15 is 0 Å². The van der Waals surface area contributed by atoms with Gasteiger partial charge in [-0.05, 0) is 35.6 Å². The van der Waals surface area contributed by atoms with Crippen LogP contribution < -0.4 is 15.4 Å². The molecule has 0 bridgehead atoms. The van der Waals surface area contributed by atoms with E-state index in [1.807, 2.05) is 18.5 Å². The normalized spacial score (nSPS) is 12.8. The van der Waals surface area contributed by atoms with Crippen molar-refractivity contribution < 1.29 is 18.1 Å². The predicted octanol–water partition coefficient (Wildman–Crippen LogP) is -0.231. The van der Waals surface area contributed by atoms with Crippen LogP contribution in [0.5, 0.6) is 0 Å². The molecule has 6 nitrogen and oxygen atoms in total. The topological polar surface area (TPSA) is 93.7 Å². The SMILES string of the molecule is C[NH+](CC(=O)NCCc1ccc(S(N)(=O)=O)cc1)Cc1cccs1. The number of amides is 1. The summed E-state index contributed by atoms with van der Waals surface area (Å²) in [7, 11) is -1.67. The van der Waals surface area contributed by atoms with Crippen LogP contribution in [0.15, 0.2) is 46.7 Å². The fourth-order valence-corrected chi connectivity index (χ4v) is 3.64. The van der Waals surface area contributed by atoms with Gasteiger partial charge in [0.2, 0.25) is 10.0 Å². The van der Waals surface area contributed by atoms with E-state index in [1.165, 1.54) is 17.0 Å². The molecule has 1 heterocycles. The minimum Gasteiger partial charge on any atom is -0.351 e. The Balaban J connectivity index is 1.72. The van der Waals surface area contributed by atoms with Crippen LogP contribution in [0, 0.1) is 0 Å². The zero-order valence-electron chi connectivity index (χ0n) is 13.5. The highest BCUT2D eigenvalue weighted by molar-refractivity contribution is 7.89. The number of nitrogens with two attached hydrogens (primary N) is 1. The predicted molar refractivity (Wildman–Crippen MR) is 94.3 cm³/mol. The number of primary sulfonamides is 1. The van der Waals surface area contributed by atoms with Crippen molar-refractivity contribution in [1.82, 2.24) is 5.32 Å². The monoisotopic (exact) mass is 368 g/mol. The summed E-state index contributed by atoms with van der Waals surface area (Å²) in [6.45, 7) is 1.77. The van der Waals surface area contributed by atoms with Crippen molar-refractivity contribution in [1.29, 1.82) is 0 Å². The molecule has 4 N–H and O–H groups in total. The Kier molecular flexibility index (Phi) is 6.50. The fraction of sp³-hybridized carbons (Fsp3) is 0.312. The van der Waals surface area contributed by atoms with E-state index in [1.54, 1.807) is 23.5 Å². The van der Waals surface area contributed by atoms with E-state index in [9.17, 15) is 13.2 Å². The minimum absolute atomic E-state index is 0.00483. The van der Waals surface area contributed by atoms with Gasteiger partial charge in [0.25, 0.3) is 5.91 Å². The molecule has 24 heavy (non-hydrogen) atoms. The molecule has 1 aromatic heterocycles. The van der Waals surface area contributed by atoms with Crippen molar-refractivity contribution in [2.45, 2.75) is 17.9 Å². The lowest BCUT2D eigenvalue weighted by Gasteiger charge is -2.13. The Bertz CT molecular complexity index is 756. The molecule has 1 unspecified atom stereocenters. The second-order valence-electron chi connectivity index (χ2n) is 5.68. The highest BCUT2D eigenvalue weighted by atomic mass is 32.2.